The second-order valence-electron chi connectivity index (χ2n) is 4.09. The smallest absolute Gasteiger partial charge is 0.269 e. The Kier molecular flexibility index (Phi) is 2.88. The molecule has 5 heteroatoms. The SMILES string of the molecule is N#C[C@H](C(=O)C1CC1)c1ccc([N+](=O)[O-])cc1. The molecule has 1 fully saturated rings. The van der Waals surface area contributed by atoms with Crippen LogP contribution in [-0.2, 0) is 4.79 Å². The zero-order valence-electron chi connectivity index (χ0n) is 9.00. The van der Waals surface area contributed by atoms with Crippen LogP contribution in [0.25, 0.3) is 0 Å². The first-order valence-corrected chi connectivity index (χ1v) is 5.31. The van der Waals surface area contributed by atoms with Gasteiger partial charge in [-0.25, -0.2) is 0 Å². The molecular formula is C12H10N2O3. The van der Waals surface area contributed by atoms with Crippen molar-refractivity contribution in [2.75, 3.05) is 0 Å². The van der Waals surface area contributed by atoms with Gasteiger partial charge in [0.2, 0.25) is 0 Å². The lowest BCUT2D eigenvalue weighted by Gasteiger charge is -2.06. The Morgan fingerprint density at radius 3 is 2.41 bits per heavy atom. The van der Waals surface area contributed by atoms with Crippen LogP contribution >= 0.6 is 0 Å². The van der Waals surface area contributed by atoms with Gasteiger partial charge in [0.05, 0.1) is 11.0 Å². The molecule has 0 saturated heterocycles. The van der Waals surface area contributed by atoms with Gasteiger partial charge in [0, 0.05) is 18.1 Å². The maximum Gasteiger partial charge on any atom is 0.269 e. The summed E-state index contributed by atoms with van der Waals surface area (Å²) in [7, 11) is 0. The number of carbonyl (C=O) groups is 1. The summed E-state index contributed by atoms with van der Waals surface area (Å²) in [5, 5.41) is 19.5. The van der Waals surface area contributed by atoms with Crippen LogP contribution in [0, 0.1) is 27.4 Å². The number of nitrogens with zero attached hydrogens (tertiary/aromatic N) is 2. The third-order valence-corrected chi connectivity index (χ3v) is 2.83. The summed E-state index contributed by atoms with van der Waals surface area (Å²) in [6, 6.07) is 7.56. The van der Waals surface area contributed by atoms with Crippen molar-refractivity contribution in [2.24, 2.45) is 5.92 Å². The van der Waals surface area contributed by atoms with E-state index < -0.39 is 10.8 Å². The molecule has 86 valence electrons. The van der Waals surface area contributed by atoms with Crippen LogP contribution in [0.1, 0.15) is 24.3 Å². The van der Waals surface area contributed by atoms with E-state index >= 15 is 0 Å². The highest BCUT2D eigenvalue weighted by Crippen LogP contribution is 2.35. The maximum absolute atomic E-state index is 11.8. The highest BCUT2D eigenvalue weighted by Gasteiger charge is 2.35. The fraction of sp³-hybridized carbons (Fsp3) is 0.333. The molecule has 2 rings (SSSR count). The second kappa shape index (κ2) is 4.34. The molecule has 1 aromatic rings. The Morgan fingerprint density at radius 1 is 1.41 bits per heavy atom. The van der Waals surface area contributed by atoms with Crippen LogP contribution in [0.3, 0.4) is 0 Å². The van der Waals surface area contributed by atoms with Crippen molar-refractivity contribution in [3.05, 3.63) is 39.9 Å². The molecule has 0 aromatic heterocycles. The number of rotatable bonds is 4. The summed E-state index contributed by atoms with van der Waals surface area (Å²) < 4.78 is 0. The number of nitro groups is 1. The lowest BCUT2D eigenvalue weighted by atomic mass is 9.93. The Hall–Kier alpha value is -2.22. The van der Waals surface area contributed by atoms with E-state index in [2.05, 4.69) is 0 Å². The van der Waals surface area contributed by atoms with E-state index in [1.54, 1.807) is 0 Å². The van der Waals surface area contributed by atoms with Crippen molar-refractivity contribution in [1.82, 2.24) is 0 Å². The highest BCUT2D eigenvalue weighted by molar-refractivity contribution is 5.92. The number of ketones is 1. The van der Waals surface area contributed by atoms with Gasteiger partial charge in [-0.2, -0.15) is 5.26 Å². The Balaban J connectivity index is 2.22. The van der Waals surface area contributed by atoms with Crippen LogP contribution in [-0.4, -0.2) is 10.7 Å². The quantitative estimate of drug-likeness (QED) is 0.586. The third-order valence-electron chi connectivity index (χ3n) is 2.83. The van der Waals surface area contributed by atoms with E-state index in [0.717, 1.165) is 12.8 Å². The van der Waals surface area contributed by atoms with Crippen LogP contribution in [0.5, 0.6) is 0 Å². The average molecular weight is 230 g/mol. The molecule has 0 unspecified atom stereocenters. The van der Waals surface area contributed by atoms with Gasteiger partial charge in [-0.05, 0) is 18.4 Å². The molecule has 1 aliphatic carbocycles. The first kappa shape index (κ1) is 11.3. The summed E-state index contributed by atoms with van der Waals surface area (Å²) >= 11 is 0. The number of nitro benzene ring substituents is 1. The second-order valence-corrected chi connectivity index (χ2v) is 4.09. The molecule has 0 radical (unpaired) electrons. The van der Waals surface area contributed by atoms with Crippen molar-refractivity contribution in [2.45, 2.75) is 18.8 Å². The predicted octanol–water partition coefficient (Wildman–Crippen LogP) is 2.18. The molecule has 0 N–H and O–H groups in total. The fourth-order valence-corrected chi connectivity index (χ4v) is 1.69. The summed E-state index contributed by atoms with van der Waals surface area (Å²) in [6.07, 6.45) is 1.70. The summed E-state index contributed by atoms with van der Waals surface area (Å²) in [5.74, 6) is -0.848. The van der Waals surface area contributed by atoms with E-state index in [9.17, 15) is 14.9 Å². The molecule has 0 bridgehead atoms. The molecule has 0 amide bonds. The van der Waals surface area contributed by atoms with Crippen LogP contribution < -0.4 is 0 Å². The van der Waals surface area contributed by atoms with Gasteiger partial charge in [-0.1, -0.05) is 12.1 Å². The van der Waals surface area contributed by atoms with Gasteiger partial charge in [0.25, 0.3) is 5.69 Å². The van der Waals surface area contributed by atoms with Gasteiger partial charge >= 0.3 is 0 Å². The zero-order valence-corrected chi connectivity index (χ0v) is 9.00. The minimum absolute atomic E-state index is 0.00911. The Morgan fingerprint density at radius 2 is 2.00 bits per heavy atom. The third kappa shape index (κ3) is 2.31. The average Bonchev–Trinajstić information content (AvgIpc) is 3.14. The van der Waals surface area contributed by atoms with Crippen LogP contribution in [0.15, 0.2) is 24.3 Å². The standard InChI is InChI=1S/C12H10N2O3/c13-7-11(12(15)9-1-2-9)8-3-5-10(6-4-8)14(16)17/h3-6,9,11H,1-2H2/t11-/m0/s1. The lowest BCUT2D eigenvalue weighted by Crippen LogP contribution is -2.12. The Labute approximate surface area is 97.8 Å². The van der Waals surface area contributed by atoms with Gasteiger partial charge in [0.15, 0.2) is 5.78 Å². The number of benzene rings is 1. The molecule has 5 nitrogen and oxygen atoms in total. The summed E-state index contributed by atoms with van der Waals surface area (Å²) in [4.78, 5) is 21.8. The number of carbonyl (C=O) groups excluding carboxylic acids is 1. The van der Waals surface area contributed by atoms with E-state index in [-0.39, 0.29) is 17.4 Å². The number of hydrogen-bond donors (Lipinski definition) is 0. The van der Waals surface area contributed by atoms with Gasteiger partial charge in [-0.15, -0.1) is 0 Å². The molecule has 1 saturated carbocycles. The molecule has 17 heavy (non-hydrogen) atoms. The fourth-order valence-electron chi connectivity index (χ4n) is 1.69. The van der Waals surface area contributed by atoms with Crippen molar-refractivity contribution in [1.29, 1.82) is 5.26 Å². The number of non-ortho nitro benzene ring substituents is 1. The largest absolute Gasteiger partial charge is 0.298 e. The van der Waals surface area contributed by atoms with E-state index in [4.69, 9.17) is 5.26 Å². The minimum atomic E-state index is -0.789. The molecule has 0 heterocycles. The topological polar surface area (TPSA) is 84.0 Å². The summed E-state index contributed by atoms with van der Waals surface area (Å²) in [6.45, 7) is 0. The molecule has 0 spiro atoms. The minimum Gasteiger partial charge on any atom is -0.298 e. The van der Waals surface area contributed by atoms with Crippen LogP contribution in [0.4, 0.5) is 5.69 Å². The zero-order chi connectivity index (χ0) is 12.4. The van der Waals surface area contributed by atoms with Gasteiger partial charge in [-0.3, -0.25) is 14.9 Å². The number of hydrogen-bond acceptors (Lipinski definition) is 4. The normalized spacial score (nSPS) is 15.9. The number of nitriles is 1. The first-order valence-electron chi connectivity index (χ1n) is 5.31. The first-order chi connectivity index (χ1) is 8.13. The molecule has 1 aromatic carbocycles. The molecule has 1 aliphatic rings. The highest BCUT2D eigenvalue weighted by atomic mass is 16.6. The molecule has 0 aliphatic heterocycles. The van der Waals surface area contributed by atoms with E-state index in [1.807, 2.05) is 6.07 Å². The Bertz CT molecular complexity index is 497. The van der Waals surface area contributed by atoms with Crippen LogP contribution in [0.2, 0.25) is 0 Å². The summed E-state index contributed by atoms with van der Waals surface area (Å²) in [5.41, 5.74) is 0.499. The van der Waals surface area contributed by atoms with Gasteiger partial charge < -0.3 is 0 Å². The van der Waals surface area contributed by atoms with E-state index in [1.165, 1.54) is 24.3 Å². The number of Topliss-reactive ketones (excluding diaryl/α,β-unsaturated/α-hetero) is 1. The maximum atomic E-state index is 11.8. The van der Waals surface area contributed by atoms with Gasteiger partial charge in [0.1, 0.15) is 5.92 Å². The van der Waals surface area contributed by atoms with Crippen molar-refractivity contribution < 1.29 is 9.72 Å². The monoisotopic (exact) mass is 230 g/mol. The molecular weight excluding hydrogens is 220 g/mol. The van der Waals surface area contributed by atoms with Crippen molar-refractivity contribution in [3.63, 3.8) is 0 Å². The predicted molar refractivity (Wildman–Crippen MR) is 59.2 cm³/mol. The van der Waals surface area contributed by atoms with E-state index in [0.29, 0.717) is 5.56 Å². The van der Waals surface area contributed by atoms with Crippen molar-refractivity contribution in [3.8, 4) is 6.07 Å². The lowest BCUT2D eigenvalue weighted by molar-refractivity contribution is -0.384. The molecule has 1 atom stereocenters. The van der Waals surface area contributed by atoms with Crippen molar-refractivity contribution >= 4 is 11.5 Å².